The Bertz CT molecular complexity index is 817. The number of hydrogen-bond donors (Lipinski definition) is 2. The summed E-state index contributed by atoms with van der Waals surface area (Å²) in [5.74, 6) is 0.797. The fraction of sp³-hybridized carbons (Fsp3) is 0.158. The van der Waals surface area contributed by atoms with Gasteiger partial charge in [-0.25, -0.2) is 4.79 Å². The van der Waals surface area contributed by atoms with Crippen molar-refractivity contribution in [2.24, 2.45) is 0 Å². The van der Waals surface area contributed by atoms with Crippen molar-refractivity contribution in [1.29, 1.82) is 0 Å². The van der Waals surface area contributed by atoms with Gasteiger partial charge in [0.25, 0.3) is 0 Å². The number of benzene rings is 1. The van der Waals surface area contributed by atoms with E-state index < -0.39 is 0 Å². The molecule has 25 heavy (non-hydrogen) atoms. The molecule has 2 heterocycles. The van der Waals surface area contributed by atoms with Gasteiger partial charge >= 0.3 is 6.03 Å². The summed E-state index contributed by atoms with van der Waals surface area (Å²) in [5.41, 5.74) is 2.91. The average Bonchev–Trinajstić information content (AvgIpc) is 3.20. The maximum atomic E-state index is 12.0. The molecule has 0 fully saturated rings. The van der Waals surface area contributed by atoms with E-state index >= 15 is 0 Å². The number of pyridine rings is 1. The minimum atomic E-state index is -0.211. The maximum absolute atomic E-state index is 12.0. The fourth-order valence-electron chi connectivity index (χ4n) is 2.38. The summed E-state index contributed by atoms with van der Waals surface area (Å²) in [4.78, 5) is 17.6. The van der Waals surface area contributed by atoms with Gasteiger partial charge in [-0.2, -0.15) is 0 Å². The molecule has 0 saturated carbocycles. The highest BCUT2D eigenvalue weighted by molar-refractivity contribution is 7.13. The number of hydrogen-bond acceptors (Lipinski definition) is 4. The van der Waals surface area contributed by atoms with Gasteiger partial charge in [0.15, 0.2) is 0 Å². The molecule has 0 atom stereocenters. The average molecular weight is 353 g/mol. The van der Waals surface area contributed by atoms with Crippen LogP contribution in [0.4, 0.5) is 4.79 Å². The molecule has 0 aliphatic rings. The van der Waals surface area contributed by atoms with Gasteiger partial charge in [-0.3, -0.25) is 4.98 Å². The molecule has 0 bridgehead atoms. The third kappa shape index (κ3) is 4.58. The number of rotatable bonds is 6. The van der Waals surface area contributed by atoms with Crippen LogP contribution in [0.2, 0.25) is 0 Å². The van der Waals surface area contributed by atoms with Crippen LogP contribution >= 0.6 is 11.3 Å². The van der Waals surface area contributed by atoms with E-state index in [4.69, 9.17) is 4.74 Å². The van der Waals surface area contributed by atoms with Gasteiger partial charge in [-0.1, -0.05) is 24.3 Å². The second kappa shape index (κ2) is 8.30. The third-order valence-electron chi connectivity index (χ3n) is 3.70. The number of thiophene rings is 1. The normalized spacial score (nSPS) is 10.3. The number of aromatic nitrogens is 1. The summed E-state index contributed by atoms with van der Waals surface area (Å²) in [6.07, 6.45) is 1.77. The lowest BCUT2D eigenvalue weighted by atomic mass is 10.1. The first-order chi connectivity index (χ1) is 12.3. The molecular formula is C19H19N3O2S. The maximum Gasteiger partial charge on any atom is 0.315 e. The lowest BCUT2D eigenvalue weighted by Gasteiger charge is -2.10. The zero-order valence-electron chi connectivity index (χ0n) is 13.9. The Hall–Kier alpha value is -2.86. The van der Waals surface area contributed by atoms with E-state index in [1.54, 1.807) is 24.6 Å². The van der Waals surface area contributed by atoms with E-state index in [0.29, 0.717) is 13.1 Å². The summed E-state index contributed by atoms with van der Waals surface area (Å²) < 4.78 is 5.12. The van der Waals surface area contributed by atoms with E-state index in [9.17, 15) is 4.79 Å². The van der Waals surface area contributed by atoms with Crippen LogP contribution in [-0.4, -0.2) is 18.1 Å². The second-order valence-electron chi connectivity index (χ2n) is 5.37. The van der Waals surface area contributed by atoms with Gasteiger partial charge in [0.05, 0.1) is 17.7 Å². The Morgan fingerprint density at radius 2 is 1.88 bits per heavy atom. The summed E-state index contributed by atoms with van der Waals surface area (Å²) in [6, 6.07) is 15.3. The molecule has 0 spiro atoms. The van der Waals surface area contributed by atoms with E-state index in [1.807, 2.05) is 53.9 Å². The summed E-state index contributed by atoms with van der Waals surface area (Å²) in [5, 5.41) is 7.75. The Kier molecular flexibility index (Phi) is 5.64. The van der Waals surface area contributed by atoms with Gasteiger partial charge in [-0.15, -0.1) is 11.3 Å². The molecule has 2 amide bonds. The Morgan fingerprint density at radius 1 is 1.08 bits per heavy atom. The summed E-state index contributed by atoms with van der Waals surface area (Å²) in [6.45, 7) is 0.885. The number of amides is 2. The van der Waals surface area contributed by atoms with Crippen molar-refractivity contribution in [1.82, 2.24) is 15.6 Å². The largest absolute Gasteiger partial charge is 0.497 e. The van der Waals surface area contributed by atoms with Crippen molar-refractivity contribution < 1.29 is 9.53 Å². The number of carbonyl (C=O) groups excluding carboxylic acids is 1. The van der Waals surface area contributed by atoms with E-state index in [2.05, 4.69) is 15.6 Å². The Morgan fingerprint density at radius 3 is 2.60 bits per heavy atom. The highest BCUT2D eigenvalue weighted by atomic mass is 32.1. The first-order valence-corrected chi connectivity index (χ1v) is 8.76. The van der Waals surface area contributed by atoms with Crippen molar-refractivity contribution >= 4 is 17.4 Å². The highest BCUT2D eigenvalue weighted by Gasteiger charge is 2.08. The van der Waals surface area contributed by atoms with Gasteiger partial charge in [0.1, 0.15) is 5.75 Å². The molecule has 1 aromatic carbocycles. The molecule has 0 aliphatic carbocycles. The van der Waals surface area contributed by atoms with Gasteiger partial charge in [0, 0.05) is 19.3 Å². The SMILES string of the molecule is COc1ccc(CNC(=O)NCc2cccnc2-c2cccs2)cc1. The summed E-state index contributed by atoms with van der Waals surface area (Å²) >= 11 is 1.63. The van der Waals surface area contributed by atoms with Crippen molar-refractivity contribution in [3.63, 3.8) is 0 Å². The number of ether oxygens (including phenoxy) is 1. The molecule has 2 aromatic heterocycles. The van der Waals surface area contributed by atoms with Crippen molar-refractivity contribution in [2.45, 2.75) is 13.1 Å². The minimum absolute atomic E-state index is 0.211. The lowest BCUT2D eigenvalue weighted by molar-refractivity contribution is 0.240. The molecular weight excluding hydrogens is 334 g/mol. The predicted molar refractivity (Wildman–Crippen MR) is 99.6 cm³/mol. The van der Waals surface area contributed by atoms with Gasteiger partial charge in [-0.05, 0) is 40.8 Å². The Labute approximate surface area is 150 Å². The minimum Gasteiger partial charge on any atom is -0.497 e. The van der Waals surface area contributed by atoms with Crippen molar-refractivity contribution in [3.05, 3.63) is 71.2 Å². The van der Waals surface area contributed by atoms with Crippen LogP contribution in [0.25, 0.3) is 10.6 Å². The number of urea groups is 1. The van der Waals surface area contributed by atoms with Crippen LogP contribution in [0.15, 0.2) is 60.1 Å². The van der Waals surface area contributed by atoms with Crippen LogP contribution in [0, 0.1) is 0 Å². The van der Waals surface area contributed by atoms with Crippen molar-refractivity contribution in [3.8, 4) is 16.3 Å². The van der Waals surface area contributed by atoms with Crippen molar-refractivity contribution in [2.75, 3.05) is 7.11 Å². The molecule has 0 aliphatic heterocycles. The molecule has 5 nitrogen and oxygen atoms in total. The first-order valence-electron chi connectivity index (χ1n) is 7.88. The molecule has 3 rings (SSSR count). The number of methoxy groups -OCH3 is 1. The smallest absolute Gasteiger partial charge is 0.315 e. The van der Waals surface area contributed by atoms with Crippen LogP contribution in [0.3, 0.4) is 0 Å². The van der Waals surface area contributed by atoms with Gasteiger partial charge < -0.3 is 15.4 Å². The van der Waals surface area contributed by atoms with Crippen LogP contribution < -0.4 is 15.4 Å². The topological polar surface area (TPSA) is 63.2 Å². The number of nitrogens with one attached hydrogen (secondary N) is 2. The number of carbonyl (C=O) groups is 1. The lowest BCUT2D eigenvalue weighted by Crippen LogP contribution is -2.34. The molecule has 3 aromatic rings. The molecule has 128 valence electrons. The zero-order chi connectivity index (χ0) is 17.5. The fourth-order valence-corrected chi connectivity index (χ4v) is 3.14. The van der Waals surface area contributed by atoms with E-state index in [0.717, 1.165) is 27.4 Å². The molecule has 6 heteroatoms. The Balaban J connectivity index is 1.54. The first kappa shape index (κ1) is 17.0. The van der Waals surface area contributed by atoms with Crippen LogP contribution in [0.1, 0.15) is 11.1 Å². The zero-order valence-corrected chi connectivity index (χ0v) is 14.7. The molecule has 0 radical (unpaired) electrons. The van der Waals surface area contributed by atoms with E-state index in [1.165, 1.54) is 0 Å². The highest BCUT2D eigenvalue weighted by Crippen LogP contribution is 2.25. The third-order valence-corrected chi connectivity index (χ3v) is 4.57. The molecule has 0 saturated heterocycles. The number of nitrogens with zero attached hydrogens (tertiary/aromatic N) is 1. The predicted octanol–water partition coefficient (Wildman–Crippen LogP) is 3.82. The summed E-state index contributed by atoms with van der Waals surface area (Å²) in [7, 11) is 1.63. The second-order valence-corrected chi connectivity index (χ2v) is 6.32. The monoisotopic (exact) mass is 353 g/mol. The standard InChI is InChI=1S/C19H19N3O2S/c1-24-16-8-6-14(7-9-16)12-21-19(23)22-13-15-4-2-10-20-18(15)17-5-3-11-25-17/h2-11H,12-13H2,1H3,(H2,21,22,23). The molecule has 0 unspecified atom stereocenters. The van der Waals surface area contributed by atoms with E-state index in [-0.39, 0.29) is 6.03 Å². The van der Waals surface area contributed by atoms with Gasteiger partial charge in [0.2, 0.25) is 0 Å². The van der Waals surface area contributed by atoms with Crippen LogP contribution in [0.5, 0.6) is 5.75 Å². The quantitative estimate of drug-likeness (QED) is 0.708. The van der Waals surface area contributed by atoms with Crippen LogP contribution in [-0.2, 0) is 13.1 Å². The molecule has 2 N–H and O–H groups in total.